The first-order chi connectivity index (χ1) is 12.7. The average Bonchev–Trinajstić information content (AvgIpc) is 2.67. The number of pyridine rings is 1. The Balaban J connectivity index is 1.88. The summed E-state index contributed by atoms with van der Waals surface area (Å²) in [5, 5.41) is 9.23. The van der Waals surface area contributed by atoms with E-state index in [1.807, 2.05) is 48.5 Å². The molecule has 0 atom stereocenters. The van der Waals surface area contributed by atoms with E-state index in [9.17, 15) is 9.90 Å². The Morgan fingerprint density at radius 3 is 2.58 bits per heavy atom. The molecule has 5 nitrogen and oxygen atoms in total. The van der Waals surface area contributed by atoms with Crippen LogP contribution in [0.4, 0.5) is 0 Å². The summed E-state index contributed by atoms with van der Waals surface area (Å²) in [6.45, 7) is 0.382. The van der Waals surface area contributed by atoms with Gasteiger partial charge in [-0.25, -0.2) is 0 Å². The lowest BCUT2D eigenvalue weighted by Gasteiger charge is -2.13. The highest BCUT2D eigenvalue weighted by Crippen LogP contribution is 2.29. The topological polar surface area (TPSA) is 68.7 Å². The van der Waals surface area contributed by atoms with Gasteiger partial charge in [0, 0.05) is 17.3 Å². The summed E-state index contributed by atoms with van der Waals surface area (Å²) in [6, 6.07) is 17.1. The number of hydrogen-bond acceptors (Lipinski definition) is 4. The number of aliphatic carboxylic acids is 1. The SMILES string of the molecule is COc1cncc(-c2ccc(OCc3ccccc3)c(CC(=O)O)c2)c1. The van der Waals surface area contributed by atoms with Crippen molar-refractivity contribution < 1.29 is 19.4 Å². The second-order valence-corrected chi connectivity index (χ2v) is 5.78. The zero-order valence-corrected chi connectivity index (χ0v) is 14.4. The van der Waals surface area contributed by atoms with Crippen LogP contribution in [0.5, 0.6) is 11.5 Å². The van der Waals surface area contributed by atoms with Crippen LogP contribution in [0.15, 0.2) is 67.0 Å². The summed E-state index contributed by atoms with van der Waals surface area (Å²) in [5.74, 6) is 0.304. The lowest BCUT2D eigenvalue weighted by molar-refractivity contribution is -0.136. The van der Waals surface area contributed by atoms with Crippen molar-refractivity contribution in [2.45, 2.75) is 13.0 Å². The first-order valence-corrected chi connectivity index (χ1v) is 8.16. The number of benzene rings is 2. The van der Waals surface area contributed by atoms with Crippen LogP contribution in [0, 0.1) is 0 Å². The largest absolute Gasteiger partial charge is 0.495 e. The van der Waals surface area contributed by atoms with Gasteiger partial charge in [-0.1, -0.05) is 36.4 Å². The molecule has 132 valence electrons. The average molecular weight is 349 g/mol. The fourth-order valence-electron chi connectivity index (χ4n) is 2.62. The molecule has 0 aliphatic carbocycles. The van der Waals surface area contributed by atoms with Gasteiger partial charge in [0.1, 0.15) is 18.1 Å². The van der Waals surface area contributed by atoms with Gasteiger partial charge in [0.05, 0.1) is 19.7 Å². The first-order valence-electron chi connectivity index (χ1n) is 8.16. The van der Waals surface area contributed by atoms with E-state index in [4.69, 9.17) is 9.47 Å². The van der Waals surface area contributed by atoms with Crippen molar-refractivity contribution in [3.8, 4) is 22.6 Å². The van der Waals surface area contributed by atoms with Crippen molar-refractivity contribution >= 4 is 5.97 Å². The lowest BCUT2D eigenvalue weighted by atomic mass is 10.0. The highest BCUT2D eigenvalue weighted by molar-refractivity contribution is 5.74. The van der Waals surface area contributed by atoms with Gasteiger partial charge in [-0.3, -0.25) is 9.78 Å². The molecule has 1 heterocycles. The second kappa shape index (κ2) is 8.16. The maximum atomic E-state index is 11.3. The van der Waals surface area contributed by atoms with E-state index in [-0.39, 0.29) is 6.42 Å². The van der Waals surface area contributed by atoms with Crippen LogP contribution < -0.4 is 9.47 Å². The molecule has 0 aliphatic heterocycles. The minimum atomic E-state index is -0.907. The van der Waals surface area contributed by atoms with E-state index in [0.717, 1.165) is 16.7 Å². The summed E-state index contributed by atoms with van der Waals surface area (Å²) < 4.78 is 11.1. The molecule has 1 N–H and O–H groups in total. The number of hydrogen-bond donors (Lipinski definition) is 1. The molecule has 0 aliphatic rings. The Labute approximate surface area is 151 Å². The number of methoxy groups -OCH3 is 1. The van der Waals surface area contributed by atoms with E-state index in [2.05, 4.69) is 4.98 Å². The van der Waals surface area contributed by atoms with Crippen molar-refractivity contribution in [3.63, 3.8) is 0 Å². The van der Waals surface area contributed by atoms with Gasteiger partial charge in [-0.05, 0) is 29.3 Å². The van der Waals surface area contributed by atoms with E-state index >= 15 is 0 Å². The molecule has 3 rings (SSSR count). The van der Waals surface area contributed by atoms with Crippen LogP contribution in [0.1, 0.15) is 11.1 Å². The lowest BCUT2D eigenvalue weighted by Crippen LogP contribution is -2.04. The minimum absolute atomic E-state index is 0.116. The van der Waals surface area contributed by atoms with Crippen LogP contribution in [0.25, 0.3) is 11.1 Å². The van der Waals surface area contributed by atoms with Crippen molar-refractivity contribution in [2.24, 2.45) is 0 Å². The Bertz CT molecular complexity index is 894. The molecule has 0 fully saturated rings. The fourth-order valence-corrected chi connectivity index (χ4v) is 2.62. The standard InChI is InChI=1S/C21H19NO4/c1-25-19-10-18(12-22-13-19)16-7-8-20(17(9-16)11-21(23)24)26-14-15-5-3-2-4-6-15/h2-10,12-13H,11,14H2,1H3,(H,23,24). The molecule has 26 heavy (non-hydrogen) atoms. The van der Waals surface area contributed by atoms with Gasteiger partial charge < -0.3 is 14.6 Å². The number of rotatable bonds is 7. The predicted octanol–water partition coefficient (Wildman–Crippen LogP) is 3.96. The third kappa shape index (κ3) is 4.39. The number of ether oxygens (including phenoxy) is 2. The molecule has 5 heteroatoms. The van der Waals surface area contributed by atoms with E-state index in [0.29, 0.717) is 23.7 Å². The van der Waals surface area contributed by atoms with Gasteiger partial charge in [-0.15, -0.1) is 0 Å². The van der Waals surface area contributed by atoms with E-state index in [1.54, 1.807) is 25.6 Å². The second-order valence-electron chi connectivity index (χ2n) is 5.78. The van der Waals surface area contributed by atoms with Gasteiger partial charge >= 0.3 is 5.97 Å². The molecule has 0 saturated carbocycles. The fraction of sp³-hybridized carbons (Fsp3) is 0.143. The normalized spacial score (nSPS) is 10.3. The van der Waals surface area contributed by atoms with Crippen LogP contribution in [0.2, 0.25) is 0 Å². The number of carboxylic acid groups (broad SMARTS) is 1. The molecule has 0 saturated heterocycles. The zero-order valence-electron chi connectivity index (χ0n) is 14.4. The van der Waals surface area contributed by atoms with E-state index in [1.165, 1.54) is 0 Å². The van der Waals surface area contributed by atoms with Gasteiger partial charge in [-0.2, -0.15) is 0 Å². The van der Waals surface area contributed by atoms with Crippen molar-refractivity contribution in [1.82, 2.24) is 4.98 Å². The van der Waals surface area contributed by atoms with Crippen LogP contribution in [-0.2, 0) is 17.8 Å². The zero-order chi connectivity index (χ0) is 18.4. The monoisotopic (exact) mass is 349 g/mol. The van der Waals surface area contributed by atoms with Crippen molar-refractivity contribution in [3.05, 3.63) is 78.1 Å². The molecule has 3 aromatic rings. The first kappa shape index (κ1) is 17.5. The molecule has 0 radical (unpaired) electrons. The molecular weight excluding hydrogens is 330 g/mol. The molecule has 0 bridgehead atoms. The summed E-state index contributed by atoms with van der Waals surface area (Å²) in [4.78, 5) is 15.4. The minimum Gasteiger partial charge on any atom is -0.495 e. The highest BCUT2D eigenvalue weighted by Gasteiger charge is 2.11. The Hall–Kier alpha value is -3.34. The van der Waals surface area contributed by atoms with E-state index < -0.39 is 5.97 Å². The van der Waals surface area contributed by atoms with Crippen molar-refractivity contribution in [2.75, 3.05) is 7.11 Å². The maximum absolute atomic E-state index is 11.3. The molecule has 0 unspecified atom stereocenters. The summed E-state index contributed by atoms with van der Waals surface area (Å²) in [5.41, 5.74) is 3.36. The van der Waals surface area contributed by atoms with Crippen molar-refractivity contribution in [1.29, 1.82) is 0 Å². The third-order valence-corrected chi connectivity index (χ3v) is 3.92. The van der Waals surface area contributed by atoms with Crippen LogP contribution in [-0.4, -0.2) is 23.2 Å². The highest BCUT2D eigenvalue weighted by atomic mass is 16.5. The number of aromatic nitrogens is 1. The Kier molecular flexibility index (Phi) is 5.49. The third-order valence-electron chi connectivity index (χ3n) is 3.92. The molecule has 0 amide bonds. The smallest absolute Gasteiger partial charge is 0.307 e. The molecule has 0 spiro atoms. The Morgan fingerprint density at radius 1 is 1.04 bits per heavy atom. The number of carbonyl (C=O) groups is 1. The summed E-state index contributed by atoms with van der Waals surface area (Å²) >= 11 is 0. The molecule has 2 aromatic carbocycles. The maximum Gasteiger partial charge on any atom is 0.307 e. The summed E-state index contributed by atoms with van der Waals surface area (Å²) in [7, 11) is 1.58. The van der Waals surface area contributed by atoms with Crippen LogP contribution in [0.3, 0.4) is 0 Å². The van der Waals surface area contributed by atoms with Gasteiger partial charge in [0.2, 0.25) is 0 Å². The Morgan fingerprint density at radius 2 is 1.85 bits per heavy atom. The van der Waals surface area contributed by atoms with Gasteiger partial charge in [0.25, 0.3) is 0 Å². The molecule has 1 aromatic heterocycles. The summed E-state index contributed by atoms with van der Waals surface area (Å²) in [6.07, 6.45) is 3.22. The number of carboxylic acids is 1. The van der Waals surface area contributed by atoms with Gasteiger partial charge in [0.15, 0.2) is 0 Å². The predicted molar refractivity (Wildman–Crippen MR) is 98.3 cm³/mol. The molecular formula is C21H19NO4. The quantitative estimate of drug-likeness (QED) is 0.699. The van der Waals surface area contributed by atoms with Crippen LogP contribution >= 0.6 is 0 Å². The number of nitrogens with zero attached hydrogens (tertiary/aromatic N) is 1.